The third-order valence-corrected chi connectivity index (χ3v) is 1.43. The van der Waals surface area contributed by atoms with Gasteiger partial charge in [-0.2, -0.15) is 0 Å². The monoisotopic (exact) mass is 140 g/mol. The van der Waals surface area contributed by atoms with Crippen molar-refractivity contribution in [1.82, 2.24) is 0 Å². The molecule has 10 heavy (non-hydrogen) atoms. The van der Waals surface area contributed by atoms with Crippen LogP contribution in [0, 0.1) is 0 Å². The fourth-order valence-electron chi connectivity index (χ4n) is 0.628. The summed E-state index contributed by atoms with van der Waals surface area (Å²) in [5.41, 5.74) is 0. The van der Waals surface area contributed by atoms with E-state index in [9.17, 15) is 4.79 Å². The van der Waals surface area contributed by atoms with Gasteiger partial charge in [0.25, 0.3) is 0 Å². The summed E-state index contributed by atoms with van der Waals surface area (Å²) >= 11 is 0. The Labute approximate surface area is 63.4 Å². The van der Waals surface area contributed by atoms with E-state index in [0.29, 0.717) is 13.0 Å². The first-order valence-corrected chi connectivity index (χ1v) is 3.34. The molecule has 0 N–H and O–H groups in total. The van der Waals surface area contributed by atoms with Gasteiger partial charge in [-0.3, -0.25) is 0 Å². The predicted molar refractivity (Wildman–Crippen MR) is 41.3 cm³/mol. The highest BCUT2D eigenvalue weighted by atomic mass is 16.5. The highest BCUT2D eigenvalue weighted by Gasteiger charge is 2.15. The second kappa shape index (κ2) is 4.50. The minimum Gasteiger partial charge on any atom is -0.385 e. The lowest BCUT2D eigenvalue weighted by atomic mass is 9.66. The first-order valence-electron chi connectivity index (χ1n) is 3.34. The zero-order valence-electron chi connectivity index (χ0n) is 6.59. The number of aldehydes is 1. The van der Waals surface area contributed by atoms with E-state index < -0.39 is 5.31 Å². The second-order valence-corrected chi connectivity index (χ2v) is 2.77. The quantitative estimate of drug-likeness (QED) is 0.419. The molecule has 3 heteroatoms. The Morgan fingerprint density at radius 1 is 1.70 bits per heavy atom. The van der Waals surface area contributed by atoms with Gasteiger partial charge in [0.15, 0.2) is 0 Å². The average Bonchev–Trinajstić information content (AvgIpc) is 1.84. The van der Waals surface area contributed by atoms with Crippen molar-refractivity contribution in [3.8, 4) is 0 Å². The van der Waals surface area contributed by atoms with Crippen molar-refractivity contribution in [3.05, 3.63) is 0 Å². The number of methoxy groups -OCH3 is 1. The predicted octanol–water partition coefficient (Wildman–Crippen LogP) is 0.959. The van der Waals surface area contributed by atoms with Crippen LogP contribution in [0.15, 0.2) is 0 Å². The summed E-state index contributed by atoms with van der Waals surface area (Å²) in [7, 11) is 7.32. The zero-order valence-corrected chi connectivity index (χ0v) is 6.59. The van der Waals surface area contributed by atoms with E-state index in [0.717, 1.165) is 12.7 Å². The third kappa shape index (κ3) is 4.56. The maximum Gasteiger partial charge on any atom is 0.119 e. The van der Waals surface area contributed by atoms with Crippen LogP contribution in [0.1, 0.15) is 19.8 Å². The van der Waals surface area contributed by atoms with Gasteiger partial charge in [-0.25, -0.2) is 0 Å². The van der Waals surface area contributed by atoms with Crippen LogP contribution in [0.25, 0.3) is 0 Å². The third-order valence-electron chi connectivity index (χ3n) is 1.43. The molecule has 0 fully saturated rings. The van der Waals surface area contributed by atoms with Crippen LogP contribution in [0.5, 0.6) is 0 Å². The van der Waals surface area contributed by atoms with Crippen LogP contribution in [-0.2, 0) is 9.53 Å². The molecular formula is C7H13BO2. The van der Waals surface area contributed by atoms with Gasteiger partial charge in [0.05, 0.1) is 7.85 Å². The summed E-state index contributed by atoms with van der Waals surface area (Å²) in [6.45, 7) is 2.46. The van der Waals surface area contributed by atoms with E-state index in [2.05, 4.69) is 0 Å². The number of ether oxygens (including phenoxy) is 1. The van der Waals surface area contributed by atoms with Gasteiger partial charge in [-0.15, -0.1) is 0 Å². The normalized spacial score (nSPS) is 16.2. The Hall–Kier alpha value is -0.305. The first-order chi connectivity index (χ1) is 4.62. The molecule has 0 amide bonds. The summed E-state index contributed by atoms with van der Waals surface area (Å²) in [6.07, 6.45) is 1.97. The molecule has 0 aliphatic carbocycles. The Kier molecular flexibility index (Phi) is 4.36. The summed E-state index contributed by atoms with van der Waals surface area (Å²) in [5, 5.41) is -0.391. The molecule has 0 aromatic carbocycles. The largest absolute Gasteiger partial charge is 0.385 e. The Morgan fingerprint density at radius 2 is 2.30 bits per heavy atom. The van der Waals surface area contributed by atoms with Crippen LogP contribution in [-0.4, -0.2) is 27.8 Å². The van der Waals surface area contributed by atoms with Crippen LogP contribution < -0.4 is 0 Å². The van der Waals surface area contributed by atoms with Gasteiger partial charge >= 0.3 is 0 Å². The van der Waals surface area contributed by atoms with Gasteiger partial charge in [-0.05, 0) is 6.42 Å². The van der Waals surface area contributed by atoms with Crippen LogP contribution >= 0.6 is 0 Å². The number of carbonyl (C=O) groups excluding carboxylic acids is 1. The number of rotatable bonds is 5. The molecule has 2 radical (unpaired) electrons. The zero-order chi connectivity index (χ0) is 8.04. The van der Waals surface area contributed by atoms with E-state index in [1.165, 1.54) is 0 Å². The molecule has 1 unspecified atom stereocenters. The standard InChI is InChI=1S/C7H13BO2/c1-7(8,3-5-9)4-6-10-2/h5H,3-4,6H2,1-2H3. The lowest BCUT2D eigenvalue weighted by molar-refractivity contribution is -0.108. The highest BCUT2D eigenvalue weighted by molar-refractivity contribution is 6.15. The van der Waals surface area contributed by atoms with Crippen molar-refractivity contribution in [2.45, 2.75) is 25.1 Å². The minimum absolute atomic E-state index is 0.391. The van der Waals surface area contributed by atoms with Gasteiger partial charge < -0.3 is 9.53 Å². The van der Waals surface area contributed by atoms with E-state index in [1.54, 1.807) is 7.11 Å². The Morgan fingerprint density at radius 3 is 2.70 bits per heavy atom. The average molecular weight is 140 g/mol. The van der Waals surface area contributed by atoms with Crippen LogP contribution in [0.3, 0.4) is 0 Å². The molecule has 0 aliphatic rings. The van der Waals surface area contributed by atoms with Crippen molar-refractivity contribution in [2.75, 3.05) is 13.7 Å². The molecule has 0 saturated carbocycles. The van der Waals surface area contributed by atoms with Crippen molar-refractivity contribution in [1.29, 1.82) is 0 Å². The van der Waals surface area contributed by atoms with E-state index in [-0.39, 0.29) is 0 Å². The van der Waals surface area contributed by atoms with Crippen LogP contribution in [0.2, 0.25) is 5.31 Å². The molecule has 0 rings (SSSR count). The molecule has 0 aliphatic heterocycles. The van der Waals surface area contributed by atoms with Crippen molar-refractivity contribution in [3.63, 3.8) is 0 Å². The molecule has 1 atom stereocenters. The molecule has 0 spiro atoms. The summed E-state index contributed by atoms with van der Waals surface area (Å²) < 4.78 is 4.83. The molecule has 0 bridgehead atoms. The van der Waals surface area contributed by atoms with E-state index >= 15 is 0 Å². The fourth-order valence-corrected chi connectivity index (χ4v) is 0.628. The lowest BCUT2D eigenvalue weighted by Gasteiger charge is -2.20. The van der Waals surface area contributed by atoms with Crippen molar-refractivity contribution < 1.29 is 9.53 Å². The Bertz CT molecular complexity index is 102. The summed E-state index contributed by atoms with van der Waals surface area (Å²) in [6, 6.07) is 0. The van der Waals surface area contributed by atoms with Crippen LogP contribution in [0.4, 0.5) is 0 Å². The minimum atomic E-state index is -0.391. The number of hydrogen-bond acceptors (Lipinski definition) is 2. The van der Waals surface area contributed by atoms with Gasteiger partial charge in [0, 0.05) is 20.1 Å². The lowest BCUT2D eigenvalue weighted by Crippen LogP contribution is -2.11. The molecule has 0 heterocycles. The number of carbonyl (C=O) groups is 1. The van der Waals surface area contributed by atoms with E-state index in [1.807, 2.05) is 6.92 Å². The molecule has 0 saturated heterocycles. The van der Waals surface area contributed by atoms with Gasteiger partial charge in [0.2, 0.25) is 0 Å². The highest BCUT2D eigenvalue weighted by Crippen LogP contribution is 2.27. The second-order valence-electron chi connectivity index (χ2n) is 2.77. The van der Waals surface area contributed by atoms with Gasteiger partial charge in [0.1, 0.15) is 6.29 Å². The smallest absolute Gasteiger partial charge is 0.119 e. The van der Waals surface area contributed by atoms with Crippen molar-refractivity contribution >= 4 is 14.1 Å². The molecular weight excluding hydrogens is 127 g/mol. The maximum atomic E-state index is 10.1. The molecule has 2 nitrogen and oxygen atoms in total. The SMILES string of the molecule is [B]C(C)(CC=O)CCOC. The summed E-state index contributed by atoms with van der Waals surface area (Å²) in [4.78, 5) is 10.1. The topological polar surface area (TPSA) is 26.3 Å². The molecule has 56 valence electrons. The first kappa shape index (κ1) is 9.69. The van der Waals surface area contributed by atoms with Crippen molar-refractivity contribution in [2.24, 2.45) is 0 Å². The fraction of sp³-hybridized carbons (Fsp3) is 0.857. The van der Waals surface area contributed by atoms with Gasteiger partial charge in [-0.1, -0.05) is 12.2 Å². The number of hydrogen-bond donors (Lipinski definition) is 0. The molecule has 0 aromatic heterocycles. The summed E-state index contributed by atoms with van der Waals surface area (Å²) in [5.74, 6) is 0. The van der Waals surface area contributed by atoms with E-state index in [4.69, 9.17) is 12.6 Å². The Balaban J connectivity index is 3.51. The molecule has 0 aromatic rings. The maximum absolute atomic E-state index is 10.1.